The predicted octanol–water partition coefficient (Wildman–Crippen LogP) is 4.21. The number of benzene rings is 2. The van der Waals surface area contributed by atoms with E-state index in [4.69, 9.17) is 4.74 Å². The van der Waals surface area contributed by atoms with Crippen LogP contribution in [0.1, 0.15) is 30.5 Å². The van der Waals surface area contributed by atoms with Gasteiger partial charge >= 0.3 is 0 Å². The Bertz CT molecular complexity index is 601. The maximum Gasteiger partial charge on any atom is 0.159 e. The number of ether oxygens (including phenoxy) is 1. The van der Waals surface area contributed by atoms with Gasteiger partial charge in [0.05, 0.1) is 7.11 Å². The Labute approximate surface area is 123 Å². The monoisotopic (exact) mass is 291 g/mol. The van der Waals surface area contributed by atoms with Gasteiger partial charge in [0.2, 0.25) is 0 Å². The van der Waals surface area contributed by atoms with E-state index in [1.807, 2.05) is 24.3 Å². The first kappa shape index (κ1) is 15.4. The lowest BCUT2D eigenvalue weighted by atomic mass is 10.0. The van der Waals surface area contributed by atoms with Crippen molar-refractivity contribution in [3.05, 3.63) is 65.2 Å². The van der Waals surface area contributed by atoms with Crippen molar-refractivity contribution in [1.82, 2.24) is 5.32 Å². The highest BCUT2D eigenvalue weighted by Gasteiger charge is 2.13. The van der Waals surface area contributed by atoms with Crippen LogP contribution in [-0.2, 0) is 6.54 Å². The molecule has 0 amide bonds. The topological polar surface area (TPSA) is 21.3 Å². The third-order valence-corrected chi connectivity index (χ3v) is 3.46. The van der Waals surface area contributed by atoms with E-state index in [0.717, 1.165) is 23.8 Å². The molecule has 0 radical (unpaired) electrons. The lowest BCUT2D eigenvalue weighted by Gasteiger charge is -2.20. The highest BCUT2D eigenvalue weighted by atomic mass is 19.2. The molecule has 2 aromatic rings. The molecule has 112 valence electrons. The number of nitrogens with one attached hydrogen (secondary N) is 1. The van der Waals surface area contributed by atoms with Gasteiger partial charge in [0.1, 0.15) is 5.75 Å². The van der Waals surface area contributed by atoms with Crippen molar-refractivity contribution in [2.45, 2.75) is 25.9 Å². The summed E-state index contributed by atoms with van der Waals surface area (Å²) in [6.07, 6.45) is 0.865. The van der Waals surface area contributed by atoms with Crippen molar-refractivity contribution in [3.63, 3.8) is 0 Å². The van der Waals surface area contributed by atoms with Crippen molar-refractivity contribution in [2.24, 2.45) is 0 Å². The second-order valence-electron chi connectivity index (χ2n) is 4.83. The SMILES string of the molecule is CCC(NCc1ccc(F)c(F)c1)c1ccccc1OC. The molecule has 1 N–H and O–H groups in total. The first-order valence-corrected chi connectivity index (χ1v) is 6.96. The van der Waals surface area contributed by atoms with Gasteiger partial charge in [-0.25, -0.2) is 8.78 Å². The zero-order chi connectivity index (χ0) is 15.2. The summed E-state index contributed by atoms with van der Waals surface area (Å²) >= 11 is 0. The summed E-state index contributed by atoms with van der Waals surface area (Å²) in [7, 11) is 1.64. The van der Waals surface area contributed by atoms with Crippen molar-refractivity contribution >= 4 is 0 Å². The van der Waals surface area contributed by atoms with E-state index in [1.54, 1.807) is 13.2 Å². The Morgan fingerprint density at radius 2 is 1.86 bits per heavy atom. The molecule has 0 heterocycles. The summed E-state index contributed by atoms with van der Waals surface area (Å²) in [6, 6.07) is 11.8. The molecule has 2 aromatic carbocycles. The molecule has 0 bridgehead atoms. The summed E-state index contributed by atoms with van der Waals surface area (Å²) in [4.78, 5) is 0. The van der Waals surface area contributed by atoms with Gasteiger partial charge in [0.25, 0.3) is 0 Å². The second kappa shape index (κ2) is 7.18. The molecule has 2 rings (SSSR count). The van der Waals surface area contributed by atoms with E-state index < -0.39 is 11.6 Å². The van der Waals surface area contributed by atoms with E-state index in [-0.39, 0.29) is 6.04 Å². The van der Waals surface area contributed by atoms with Gasteiger partial charge in [-0.15, -0.1) is 0 Å². The zero-order valence-electron chi connectivity index (χ0n) is 12.2. The van der Waals surface area contributed by atoms with Crippen LogP contribution in [0.4, 0.5) is 8.78 Å². The summed E-state index contributed by atoms with van der Waals surface area (Å²) in [5, 5.41) is 3.35. The van der Waals surface area contributed by atoms with Crippen LogP contribution in [0.15, 0.2) is 42.5 Å². The fourth-order valence-corrected chi connectivity index (χ4v) is 2.32. The van der Waals surface area contributed by atoms with Crippen LogP contribution in [0.3, 0.4) is 0 Å². The normalized spacial score (nSPS) is 12.2. The maximum absolute atomic E-state index is 13.2. The van der Waals surface area contributed by atoms with Crippen LogP contribution in [0.5, 0.6) is 5.75 Å². The number of para-hydroxylation sites is 1. The summed E-state index contributed by atoms with van der Waals surface area (Å²) in [6.45, 7) is 2.53. The molecule has 0 aliphatic heterocycles. The highest BCUT2D eigenvalue weighted by Crippen LogP contribution is 2.27. The molecule has 0 aromatic heterocycles. The lowest BCUT2D eigenvalue weighted by molar-refractivity contribution is 0.396. The average Bonchev–Trinajstić information content (AvgIpc) is 2.51. The molecule has 0 fully saturated rings. The van der Waals surface area contributed by atoms with Crippen molar-refractivity contribution in [1.29, 1.82) is 0 Å². The molecule has 0 saturated carbocycles. The third kappa shape index (κ3) is 3.79. The molecule has 0 aliphatic rings. The Morgan fingerprint density at radius 3 is 2.52 bits per heavy atom. The number of methoxy groups -OCH3 is 1. The Kier molecular flexibility index (Phi) is 5.28. The van der Waals surface area contributed by atoms with E-state index in [1.165, 1.54) is 6.07 Å². The number of hydrogen-bond donors (Lipinski definition) is 1. The van der Waals surface area contributed by atoms with Crippen LogP contribution in [0.2, 0.25) is 0 Å². The lowest BCUT2D eigenvalue weighted by Crippen LogP contribution is -2.21. The second-order valence-corrected chi connectivity index (χ2v) is 4.83. The van der Waals surface area contributed by atoms with E-state index >= 15 is 0 Å². The molecule has 1 unspecified atom stereocenters. The number of hydrogen-bond acceptors (Lipinski definition) is 2. The smallest absolute Gasteiger partial charge is 0.159 e. The van der Waals surface area contributed by atoms with Gasteiger partial charge in [0.15, 0.2) is 11.6 Å². The van der Waals surface area contributed by atoms with Gasteiger partial charge in [-0.2, -0.15) is 0 Å². The number of halogens is 2. The Hall–Kier alpha value is -1.94. The average molecular weight is 291 g/mol. The van der Waals surface area contributed by atoms with E-state index in [9.17, 15) is 8.78 Å². The van der Waals surface area contributed by atoms with Gasteiger partial charge < -0.3 is 10.1 Å². The van der Waals surface area contributed by atoms with E-state index in [0.29, 0.717) is 12.1 Å². The Morgan fingerprint density at radius 1 is 1.10 bits per heavy atom. The van der Waals surface area contributed by atoms with Crippen molar-refractivity contribution in [3.8, 4) is 5.75 Å². The number of rotatable bonds is 6. The zero-order valence-corrected chi connectivity index (χ0v) is 12.2. The summed E-state index contributed by atoms with van der Waals surface area (Å²) < 4.78 is 31.5. The quantitative estimate of drug-likeness (QED) is 0.860. The van der Waals surface area contributed by atoms with Crippen LogP contribution in [0.25, 0.3) is 0 Å². The maximum atomic E-state index is 13.2. The van der Waals surface area contributed by atoms with Crippen LogP contribution < -0.4 is 10.1 Å². The standard InChI is InChI=1S/C17H19F2NO/c1-3-16(13-6-4-5-7-17(13)21-2)20-11-12-8-9-14(18)15(19)10-12/h4-10,16,20H,3,11H2,1-2H3. The predicted molar refractivity (Wildman–Crippen MR) is 79.2 cm³/mol. The van der Waals surface area contributed by atoms with Crippen LogP contribution >= 0.6 is 0 Å². The molecule has 0 aliphatic carbocycles. The summed E-state index contributed by atoms with van der Waals surface area (Å²) in [5.41, 5.74) is 1.77. The van der Waals surface area contributed by atoms with Gasteiger partial charge in [-0.05, 0) is 30.2 Å². The summed E-state index contributed by atoms with van der Waals surface area (Å²) in [5.74, 6) is -0.822. The first-order chi connectivity index (χ1) is 10.2. The van der Waals surface area contributed by atoms with Crippen molar-refractivity contribution in [2.75, 3.05) is 7.11 Å². The highest BCUT2D eigenvalue weighted by molar-refractivity contribution is 5.36. The minimum atomic E-state index is -0.824. The largest absolute Gasteiger partial charge is 0.496 e. The van der Waals surface area contributed by atoms with Crippen molar-refractivity contribution < 1.29 is 13.5 Å². The fraction of sp³-hybridized carbons (Fsp3) is 0.294. The minimum absolute atomic E-state index is 0.0919. The minimum Gasteiger partial charge on any atom is -0.496 e. The molecule has 0 spiro atoms. The van der Waals surface area contributed by atoms with Gasteiger partial charge in [0, 0.05) is 18.2 Å². The molecular weight excluding hydrogens is 272 g/mol. The molecule has 4 heteroatoms. The molecule has 1 atom stereocenters. The van der Waals surface area contributed by atoms with Gasteiger partial charge in [-0.3, -0.25) is 0 Å². The molecule has 21 heavy (non-hydrogen) atoms. The van der Waals surface area contributed by atoms with Crippen LogP contribution in [0, 0.1) is 11.6 Å². The molecular formula is C17H19F2NO. The first-order valence-electron chi connectivity index (χ1n) is 6.96. The Balaban J connectivity index is 2.10. The fourth-order valence-electron chi connectivity index (χ4n) is 2.32. The van der Waals surface area contributed by atoms with E-state index in [2.05, 4.69) is 12.2 Å². The third-order valence-electron chi connectivity index (χ3n) is 3.46. The molecule has 2 nitrogen and oxygen atoms in total. The molecule has 0 saturated heterocycles. The van der Waals surface area contributed by atoms with Gasteiger partial charge in [-0.1, -0.05) is 31.2 Å². The van der Waals surface area contributed by atoms with Crippen LogP contribution in [-0.4, -0.2) is 7.11 Å².